The van der Waals surface area contributed by atoms with E-state index >= 15 is 0 Å². The molecule has 2 aromatic carbocycles. The molecule has 1 saturated carbocycles. The lowest BCUT2D eigenvalue weighted by atomic mass is 9.78. The van der Waals surface area contributed by atoms with Crippen LogP contribution in [0.5, 0.6) is 5.75 Å². The van der Waals surface area contributed by atoms with Crippen molar-refractivity contribution in [3.05, 3.63) is 65.1 Å². The number of amides is 2. The molecule has 0 spiro atoms. The zero-order chi connectivity index (χ0) is 28.9. The number of hydrogen-bond donors (Lipinski definition) is 1. The summed E-state index contributed by atoms with van der Waals surface area (Å²) in [6.07, 6.45) is 4.03. The number of aromatic nitrogens is 1. The molecule has 2 fully saturated rings. The van der Waals surface area contributed by atoms with Crippen molar-refractivity contribution in [1.29, 1.82) is 10.5 Å². The summed E-state index contributed by atoms with van der Waals surface area (Å²) in [5, 5.41) is 22.5. The molecule has 3 heterocycles. The van der Waals surface area contributed by atoms with Crippen LogP contribution in [0.15, 0.2) is 42.5 Å². The molecule has 41 heavy (non-hydrogen) atoms. The smallest absolute Gasteiger partial charge is 0.271 e. The van der Waals surface area contributed by atoms with Crippen LogP contribution in [0, 0.1) is 28.5 Å². The summed E-state index contributed by atoms with van der Waals surface area (Å²) in [6, 6.07) is 16.1. The molecule has 1 aliphatic carbocycles. The van der Waals surface area contributed by atoms with E-state index in [9.17, 15) is 24.5 Å². The molecule has 6 rings (SSSR count). The monoisotopic (exact) mass is 551 g/mol. The van der Waals surface area contributed by atoms with Crippen LogP contribution in [0.3, 0.4) is 0 Å². The lowest BCUT2D eigenvalue weighted by molar-refractivity contribution is 0.0681. The van der Waals surface area contributed by atoms with Gasteiger partial charge >= 0.3 is 0 Å². The van der Waals surface area contributed by atoms with E-state index in [4.69, 9.17) is 4.74 Å². The number of fused-ring (bicyclic) bond motifs is 3. The van der Waals surface area contributed by atoms with Crippen LogP contribution in [-0.2, 0) is 13.0 Å². The van der Waals surface area contributed by atoms with E-state index in [2.05, 4.69) is 17.5 Å². The average molecular weight is 552 g/mol. The Morgan fingerprint density at radius 1 is 1.00 bits per heavy atom. The summed E-state index contributed by atoms with van der Waals surface area (Å²) in [4.78, 5) is 29.1. The van der Waals surface area contributed by atoms with Gasteiger partial charge in [0.25, 0.3) is 11.8 Å². The number of nitrogens with one attached hydrogen (secondary N) is 1. The highest BCUT2D eigenvalue weighted by Gasteiger charge is 2.42. The first-order valence-electron chi connectivity index (χ1n) is 13.9. The second kappa shape index (κ2) is 9.78. The molecule has 2 amide bonds. The van der Waals surface area contributed by atoms with Gasteiger partial charge in [0.15, 0.2) is 0 Å². The Morgan fingerprint density at radius 2 is 1.76 bits per heavy atom. The fourth-order valence-electron chi connectivity index (χ4n) is 6.35. The highest BCUT2D eigenvalue weighted by Crippen LogP contribution is 2.43. The average Bonchev–Trinajstić information content (AvgIpc) is 3.55. The number of nitrogens with zero attached hydrogens (tertiary/aromatic N) is 4. The Kier molecular flexibility index (Phi) is 6.34. The van der Waals surface area contributed by atoms with E-state index in [1.54, 1.807) is 30.0 Å². The lowest BCUT2D eigenvalue weighted by Gasteiger charge is -2.36. The normalized spacial score (nSPS) is 20.2. The van der Waals surface area contributed by atoms with E-state index in [0.717, 1.165) is 40.8 Å². The Hall–Kier alpha value is -4.63. The molecule has 208 valence electrons. The first-order valence-corrected chi connectivity index (χ1v) is 13.9. The van der Waals surface area contributed by atoms with Gasteiger partial charge in [-0.25, -0.2) is 4.39 Å². The zero-order valence-corrected chi connectivity index (χ0v) is 23.1. The van der Waals surface area contributed by atoms with E-state index in [0.29, 0.717) is 55.8 Å². The van der Waals surface area contributed by atoms with Crippen molar-refractivity contribution >= 4 is 11.8 Å². The summed E-state index contributed by atoms with van der Waals surface area (Å²) in [7, 11) is 1.51. The van der Waals surface area contributed by atoms with Gasteiger partial charge in [-0.05, 0) is 86.9 Å². The molecule has 1 aromatic heterocycles. The number of carbonyl (C=O) groups excluding carboxylic acids is 2. The van der Waals surface area contributed by atoms with Crippen molar-refractivity contribution in [2.45, 2.75) is 63.1 Å². The largest absolute Gasteiger partial charge is 0.496 e. The Labute approximate surface area is 237 Å². The molecular formula is C32H30FN5O3. The summed E-state index contributed by atoms with van der Waals surface area (Å²) in [6.45, 7) is 2.80. The molecule has 1 saturated heterocycles. The number of nitriles is 2. The van der Waals surface area contributed by atoms with Crippen LogP contribution in [0.1, 0.15) is 65.4 Å². The van der Waals surface area contributed by atoms with E-state index < -0.39 is 17.0 Å². The molecule has 3 aromatic rings. The molecule has 9 heteroatoms. The maximum Gasteiger partial charge on any atom is 0.271 e. The van der Waals surface area contributed by atoms with Crippen LogP contribution in [0.2, 0.25) is 0 Å². The number of methoxy groups -OCH3 is 1. The van der Waals surface area contributed by atoms with Gasteiger partial charge in [0.2, 0.25) is 0 Å². The molecule has 2 aliphatic heterocycles. The fraction of sp³-hybridized carbons (Fsp3) is 0.375. The van der Waals surface area contributed by atoms with Crippen molar-refractivity contribution in [2.24, 2.45) is 0 Å². The van der Waals surface area contributed by atoms with Crippen LogP contribution < -0.4 is 10.1 Å². The summed E-state index contributed by atoms with van der Waals surface area (Å²) < 4.78 is 21.5. The van der Waals surface area contributed by atoms with Crippen LogP contribution in [0.25, 0.3) is 22.4 Å². The van der Waals surface area contributed by atoms with Gasteiger partial charge < -0.3 is 19.5 Å². The minimum Gasteiger partial charge on any atom is -0.496 e. The van der Waals surface area contributed by atoms with Crippen molar-refractivity contribution in [3.8, 4) is 40.3 Å². The topological polar surface area (TPSA) is 111 Å². The molecule has 0 bridgehead atoms. The Bertz CT molecular complexity index is 1660. The van der Waals surface area contributed by atoms with Gasteiger partial charge in [-0.1, -0.05) is 12.1 Å². The van der Waals surface area contributed by atoms with Gasteiger partial charge in [0.1, 0.15) is 28.3 Å². The highest BCUT2D eigenvalue weighted by atomic mass is 19.1. The second-order valence-corrected chi connectivity index (χ2v) is 11.4. The van der Waals surface area contributed by atoms with Crippen molar-refractivity contribution < 1.29 is 18.7 Å². The standard InChI is InChI=1S/C32H30FN5O3/c1-31(18-34)10-4-13-38(31)30(40)26-17-24(20-5-7-22(33)8-6-20)28-23-16-25(29(39)36-32(19-35)11-3-12-32)27(41-2)15-21(23)9-14-37(26)28/h5-8,15-17H,3-4,9-14H2,1-2H3,(H,36,39)/t31-/m1/s1. The minimum absolute atomic E-state index is 0.225. The van der Waals surface area contributed by atoms with Crippen molar-refractivity contribution in [2.75, 3.05) is 13.7 Å². The molecule has 1 atom stereocenters. The summed E-state index contributed by atoms with van der Waals surface area (Å²) >= 11 is 0. The number of hydrogen-bond acceptors (Lipinski definition) is 5. The Balaban J connectivity index is 1.51. The molecular weight excluding hydrogens is 521 g/mol. The molecule has 1 N–H and O–H groups in total. The van der Waals surface area contributed by atoms with E-state index in [1.165, 1.54) is 19.2 Å². The molecule has 8 nitrogen and oxygen atoms in total. The van der Waals surface area contributed by atoms with Crippen LogP contribution >= 0.6 is 0 Å². The SMILES string of the molecule is COc1cc2c(cc1C(=O)NC1(C#N)CCC1)-c1c(-c3ccc(F)cc3)cc(C(=O)N3CCC[C@]3(C)C#N)n1CC2. The highest BCUT2D eigenvalue weighted by molar-refractivity contribution is 6.02. The summed E-state index contributed by atoms with van der Waals surface area (Å²) in [5.74, 6) is -0.574. The maximum atomic E-state index is 14.0. The number of ether oxygens (including phenoxy) is 1. The number of halogens is 1. The quantitative estimate of drug-likeness (QED) is 0.467. The number of carbonyl (C=O) groups is 2. The second-order valence-electron chi connectivity index (χ2n) is 11.4. The Morgan fingerprint density at radius 3 is 2.39 bits per heavy atom. The molecule has 3 aliphatic rings. The van der Waals surface area contributed by atoms with Gasteiger partial charge in [-0.15, -0.1) is 0 Å². The number of rotatable bonds is 5. The first-order chi connectivity index (χ1) is 19.7. The molecule has 0 unspecified atom stereocenters. The third-order valence-electron chi connectivity index (χ3n) is 8.90. The third kappa shape index (κ3) is 4.24. The van der Waals surface area contributed by atoms with E-state index in [-0.39, 0.29) is 11.7 Å². The predicted octanol–water partition coefficient (Wildman–Crippen LogP) is 5.22. The van der Waals surface area contributed by atoms with E-state index in [1.807, 2.05) is 16.7 Å². The fourth-order valence-corrected chi connectivity index (χ4v) is 6.35. The lowest BCUT2D eigenvalue weighted by Crippen LogP contribution is -2.52. The molecule has 0 radical (unpaired) electrons. The number of benzene rings is 2. The number of aryl methyl sites for hydroxylation is 1. The van der Waals surface area contributed by atoms with Crippen molar-refractivity contribution in [1.82, 2.24) is 14.8 Å². The summed E-state index contributed by atoms with van der Waals surface area (Å²) in [5.41, 5.74) is 2.92. The van der Waals surface area contributed by atoms with Gasteiger partial charge in [-0.3, -0.25) is 9.59 Å². The van der Waals surface area contributed by atoms with Crippen LogP contribution in [-0.4, -0.2) is 46.0 Å². The number of likely N-dealkylation sites (tertiary alicyclic amines) is 1. The van der Waals surface area contributed by atoms with Gasteiger partial charge in [0, 0.05) is 24.2 Å². The maximum absolute atomic E-state index is 14.0. The van der Waals surface area contributed by atoms with Gasteiger partial charge in [-0.2, -0.15) is 10.5 Å². The predicted molar refractivity (Wildman–Crippen MR) is 149 cm³/mol. The third-order valence-corrected chi connectivity index (χ3v) is 8.90. The van der Waals surface area contributed by atoms with Crippen LogP contribution in [0.4, 0.5) is 4.39 Å². The van der Waals surface area contributed by atoms with Crippen molar-refractivity contribution in [3.63, 3.8) is 0 Å². The van der Waals surface area contributed by atoms with Gasteiger partial charge in [0.05, 0.1) is 30.5 Å². The minimum atomic E-state index is -0.888. The zero-order valence-electron chi connectivity index (χ0n) is 23.1. The first kappa shape index (κ1) is 26.6.